The van der Waals surface area contributed by atoms with E-state index >= 15 is 0 Å². The van der Waals surface area contributed by atoms with Gasteiger partial charge >= 0.3 is 0 Å². The Morgan fingerprint density at radius 3 is 2.60 bits per heavy atom. The standard InChI is InChI=1S/C12H24N2O/c1-10-8-11(10)9-14(2)12(15)6-4-3-5-7-13/h10-11H,3-9,13H2,1-2H3. The lowest BCUT2D eigenvalue weighted by atomic mass is 10.2. The first kappa shape index (κ1) is 12.5. The normalized spacial score (nSPS) is 23.9. The molecule has 2 unspecified atom stereocenters. The van der Waals surface area contributed by atoms with Crippen LogP contribution in [0.2, 0.25) is 0 Å². The van der Waals surface area contributed by atoms with Crippen molar-refractivity contribution in [3.05, 3.63) is 0 Å². The number of amides is 1. The van der Waals surface area contributed by atoms with Crippen LogP contribution >= 0.6 is 0 Å². The number of hydrogen-bond acceptors (Lipinski definition) is 2. The van der Waals surface area contributed by atoms with Gasteiger partial charge in [-0.2, -0.15) is 0 Å². The van der Waals surface area contributed by atoms with E-state index in [-0.39, 0.29) is 0 Å². The van der Waals surface area contributed by atoms with E-state index < -0.39 is 0 Å². The molecule has 0 saturated heterocycles. The number of carbonyl (C=O) groups is 1. The molecule has 0 aromatic rings. The Morgan fingerprint density at radius 2 is 2.07 bits per heavy atom. The Hall–Kier alpha value is -0.570. The van der Waals surface area contributed by atoms with Gasteiger partial charge in [-0.3, -0.25) is 4.79 Å². The van der Waals surface area contributed by atoms with Gasteiger partial charge in [0.25, 0.3) is 0 Å². The minimum absolute atomic E-state index is 0.297. The third kappa shape index (κ3) is 4.65. The fourth-order valence-electron chi connectivity index (χ4n) is 1.90. The van der Waals surface area contributed by atoms with Crippen LogP contribution in [0, 0.1) is 11.8 Å². The summed E-state index contributed by atoms with van der Waals surface area (Å²) in [5, 5.41) is 0. The van der Waals surface area contributed by atoms with Gasteiger partial charge in [0.05, 0.1) is 0 Å². The molecule has 88 valence electrons. The van der Waals surface area contributed by atoms with Gasteiger partial charge < -0.3 is 10.6 Å². The smallest absolute Gasteiger partial charge is 0.222 e. The van der Waals surface area contributed by atoms with Gasteiger partial charge in [0, 0.05) is 20.0 Å². The molecular formula is C12H24N2O. The average molecular weight is 212 g/mol. The van der Waals surface area contributed by atoms with Crippen LogP contribution < -0.4 is 5.73 Å². The molecular weight excluding hydrogens is 188 g/mol. The van der Waals surface area contributed by atoms with Crippen LogP contribution in [0.3, 0.4) is 0 Å². The van der Waals surface area contributed by atoms with Gasteiger partial charge in [0.15, 0.2) is 0 Å². The molecule has 1 saturated carbocycles. The largest absolute Gasteiger partial charge is 0.345 e. The van der Waals surface area contributed by atoms with E-state index in [1.807, 2.05) is 11.9 Å². The third-order valence-electron chi connectivity index (χ3n) is 3.31. The maximum absolute atomic E-state index is 11.7. The van der Waals surface area contributed by atoms with Crippen LogP contribution in [0.1, 0.15) is 39.0 Å². The van der Waals surface area contributed by atoms with Crippen molar-refractivity contribution < 1.29 is 4.79 Å². The Balaban J connectivity index is 2.05. The molecule has 1 amide bonds. The van der Waals surface area contributed by atoms with E-state index in [4.69, 9.17) is 5.73 Å². The minimum atomic E-state index is 0.297. The second-order valence-corrected chi connectivity index (χ2v) is 4.85. The predicted molar refractivity (Wildman–Crippen MR) is 62.4 cm³/mol. The van der Waals surface area contributed by atoms with E-state index in [9.17, 15) is 4.79 Å². The van der Waals surface area contributed by atoms with Crippen molar-refractivity contribution in [2.24, 2.45) is 17.6 Å². The SMILES string of the molecule is CC1CC1CN(C)C(=O)CCCCCN. The van der Waals surface area contributed by atoms with Gasteiger partial charge in [-0.1, -0.05) is 13.3 Å². The fourth-order valence-corrected chi connectivity index (χ4v) is 1.90. The number of nitrogens with two attached hydrogens (primary N) is 1. The molecule has 0 aliphatic heterocycles. The van der Waals surface area contributed by atoms with Gasteiger partial charge in [-0.05, 0) is 37.6 Å². The van der Waals surface area contributed by atoms with Crippen molar-refractivity contribution in [2.75, 3.05) is 20.1 Å². The molecule has 3 nitrogen and oxygen atoms in total. The van der Waals surface area contributed by atoms with E-state index in [2.05, 4.69) is 6.92 Å². The Labute approximate surface area is 93.0 Å². The lowest BCUT2D eigenvalue weighted by Crippen LogP contribution is -2.28. The van der Waals surface area contributed by atoms with Crippen molar-refractivity contribution in [2.45, 2.75) is 39.0 Å². The highest BCUT2D eigenvalue weighted by atomic mass is 16.2. The highest BCUT2D eigenvalue weighted by Gasteiger charge is 2.33. The second kappa shape index (κ2) is 6.11. The molecule has 0 heterocycles. The fraction of sp³-hybridized carbons (Fsp3) is 0.917. The van der Waals surface area contributed by atoms with Crippen LogP contribution in [0.15, 0.2) is 0 Å². The Bertz CT molecular complexity index is 206. The van der Waals surface area contributed by atoms with Crippen molar-refractivity contribution in [1.82, 2.24) is 4.90 Å². The summed E-state index contributed by atoms with van der Waals surface area (Å²) >= 11 is 0. The number of nitrogens with zero attached hydrogens (tertiary/aromatic N) is 1. The quantitative estimate of drug-likeness (QED) is 0.652. The zero-order valence-corrected chi connectivity index (χ0v) is 10.0. The summed E-state index contributed by atoms with van der Waals surface area (Å²) in [5.74, 6) is 1.90. The molecule has 0 aromatic heterocycles. The lowest BCUT2D eigenvalue weighted by Gasteiger charge is -2.16. The first-order valence-corrected chi connectivity index (χ1v) is 6.09. The summed E-state index contributed by atoms with van der Waals surface area (Å²) < 4.78 is 0. The van der Waals surface area contributed by atoms with Crippen LogP contribution in [0.5, 0.6) is 0 Å². The lowest BCUT2D eigenvalue weighted by molar-refractivity contribution is -0.130. The third-order valence-corrected chi connectivity index (χ3v) is 3.31. The van der Waals surface area contributed by atoms with Crippen LogP contribution in [-0.2, 0) is 4.79 Å². The molecule has 0 radical (unpaired) electrons. The summed E-state index contributed by atoms with van der Waals surface area (Å²) in [4.78, 5) is 13.6. The molecule has 1 rings (SSSR count). The molecule has 15 heavy (non-hydrogen) atoms. The van der Waals surface area contributed by atoms with Gasteiger partial charge in [-0.25, -0.2) is 0 Å². The number of carbonyl (C=O) groups excluding carboxylic acids is 1. The highest BCUT2D eigenvalue weighted by molar-refractivity contribution is 5.75. The van der Waals surface area contributed by atoms with Gasteiger partial charge in [0.1, 0.15) is 0 Å². The van der Waals surface area contributed by atoms with Crippen molar-refractivity contribution in [1.29, 1.82) is 0 Å². The monoisotopic (exact) mass is 212 g/mol. The number of rotatable bonds is 7. The predicted octanol–water partition coefficient (Wildman–Crippen LogP) is 1.62. The number of unbranched alkanes of at least 4 members (excludes halogenated alkanes) is 2. The molecule has 2 N–H and O–H groups in total. The molecule has 2 atom stereocenters. The zero-order chi connectivity index (χ0) is 11.3. The molecule has 0 aromatic carbocycles. The summed E-state index contributed by atoms with van der Waals surface area (Å²) in [5.41, 5.74) is 5.40. The first-order chi connectivity index (χ1) is 7.15. The zero-order valence-electron chi connectivity index (χ0n) is 10.0. The van der Waals surface area contributed by atoms with E-state index in [1.165, 1.54) is 6.42 Å². The maximum Gasteiger partial charge on any atom is 0.222 e. The molecule has 3 heteroatoms. The van der Waals surface area contributed by atoms with Crippen molar-refractivity contribution in [3.63, 3.8) is 0 Å². The Kier molecular flexibility index (Phi) is 5.09. The highest BCUT2D eigenvalue weighted by Crippen LogP contribution is 2.37. The van der Waals surface area contributed by atoms with E-state index in [0.717, 1.165) is 44.2 Å². The molecule has 1 aliphatic rings. The topological polar surface area (TPSA) is 46.3 Å². The van der Waals surface area contributed by atoms with Crippen LogP contribution in [0.4, 0.5) is 0 Å². The maximum atomic E-state index is 11.7. The molecule has 1 aliphatic carbocycles. The summed E-state index contributed by atoms with van der Waals surface area (Å²) in [7, 11) is 1.93. The van der Waals surface area contributed by atoms with Crippen LogP contribution in [0.25, 0.3) is 0 Å². The number of hydrogen-bond donors (Lipinski definition) is 1. The van der Waals surface area contributed by atoms with Crippen molar-refractivity contribution in [3.8, 4) is 0 Å². The summed E-state index contributed by atoms with van der Waals surface area (Å²) in [6.07, 6.45) is 5.09. The Morgan fingerprint density at radius 1 is 1.40 bits per heavy atom. The first-order valence-electron chi connectivity index (χ1n) is 6.09. The molecule has 1 fully saturated rings. The van der Waals surface area contributed by atoms with E-state index in [0.29, 0.717) is 12.3 Å². The summed E-state index contributed by atoms with van der Waals surface area (Å²) in [6.45, 7) is 3.95. The molecule has 0 bridgehead atoms. The van der Waals surface area contributed by atoms with Gasteiger partial charge in [-0.15, -0.1) is 0 Å². The van der Waals surface area contributed by atoms with Crippen LogP contribution in [-0.4, -0.2) is 30.9 Å². The summed E-state index contributed by atoms with van der Waals surface area (Å²) in [6, 6.07) is 0. The average Bonchev–Trinajstić information content (AvgIpc) is 2.88. The van der Waals surface area contributed by atoms with Crippen molar-refractivity contribution >= 4 is 5.91 Å². The molecule has 0 spiro atoms. The second-order valence-electron chi connectivity index (χ2n) is 4.85. The minimum Gasteiger partial charge on any atom is -0.345 e. The van der Waals surface area contributed by atoms with E-state index in [1.54, 1.807) is 0 Å². The van der Waals surface area contributed by atoms with Gasteiger partial charge in [0.2, 0.25) is 5.91 Å².